The molecule has 1 atom stereocenters. The maximum atomic E-state index is 11.1. The fraction of sp³-hybridized carbons (Fsp3) is 0.333. The van der Waals surface area contributed by atoms with Crippen LogP contribution in [0.2, 0.25) is 0 Å². The summed E-state index contributed by atoms with van der Waals surface area (Å²) in [6.45, 7) is 2.12. The van der Waals surface area contributed by atoms with Crippen molar-refractivity contribution in [3.05, 3.63) is 23.8 Å². The van der Waals surface area contributed by atoms with Crippen LogP contribution in [0.25, 0.3) is 0 Å². The van der Waals surface area contributed by atoms with E-state index in [0.717, 1.165) is 12.0 Å². The van der Waals surface area contributed by atoms with Crippen LogP contribution in [0.5, 0.6) is 0 Å². The zero-order valence-electron chi connectivity index (χ0n) is 7.53. The van der Waals surface area contributed by atoms with Gasteiger partial charge in [-0.25, -0.2) is 8.42 Å². The Morgan fingerprint density at radius 3 is 2.86 bits per heavy atom. The molecule has 1 aliphatic heterocycles. The standard InChI is InChI=1S/C9H9ClO2S2/c1-6-4-7-5-8(14(10,11)12)2-3-9(7)13-6/h2-3,5-6H,4H2,1H3. The molecule has 1 aromatic rings. The minimum absolute atomic E-state index is 0.201. The van der Waals surface area contributed by atoms with Gasteiger partial charge in [0, 0.05) is 20.8 Å². The van der Waals surface area contributed by atoms with Crippen LogP contribution in [-0.4, -0.2) is 13.7 Å². The second-order valence-electron chi connectivity index (χ2n) is 3.34. The summed E-state index contributed by atoms with van der Waals surface area (Å²) in [6.07, 6.45) is 0.917. The SMILES string of the molecule is CC1Cc2cc(S(=O)(=O)Cl)ccc2S1. The number of rotatable bonds is 1. The number of hydrogen-bond acceptors (Lipinski definition) is 3. The highest BCUT2D eigenvalue weighted by Crippen LogP contribution is 2.37. The Hall–Kier alpha value is -0.190. The number of fused-ring (bicyclic) bond motifs is 1. The predicted octanol–water partition coefficient (Wildman–Crippen LogP) is 2.65. The Kier molecular flexibility index (Phi) is 2.53. The van der Waals surface area contributed by atoms with Gasteiger partial charge in [0.25, 0.3) is 9.05 Å². The number of halogens is 1. The third kappa shape index (κ3) is 1.92. The quantitative estimate of drug-likeness (QED) is 0.717. The van der Waals surface area contributed by atoms with Gasteiger partial charge in [-0.1, -0.05) is 6.92 Å². The van der Waals surface area contributed by atoms with Gasteiger partial charge in [0.2, 0.25) is 0 Å². The summed E-state index contributed by atoms with van der Waals surface area (Å²) in [5, 5.41) is 0.526. The molecule has 0 fully saturated rings. The van der Waals surface area contributed by atoms with Crippen molar-refractivity contribution in [2.75, 3.05) is 0 Å². The van der Waals surface area contributed by atoms with Crippen molar-refractivity contribution in [3.8, 4) is 0 Å². The highest BCUT2D eigenvalue weighted by molar-refractivity contribution is 8.13. The van der Waals surface area contributed by atoms with Crippen LogP contribution in [-0.2, 0) is 15.5 Å². The fourth-order valence-electron chi connectivity index (χ4n) is 1.55. The Balaban J connectivity index is 2.48. The lowest BCUT2D eigenvalue weighted by Crippen LogP contribution is -1.94. The van der Waals surface area contributed by atoms with Crippen LogP contribution in [0.1, 0.15) is 12.5 Å². The largest absolute Gasteiger partial charge is 0.261 e. The molecule has 2 nitrogen and oxygen atoms in total. The van der Waals surface area contributed by atoms with E-state index in [0.29, 0.717) is 5.25 Å². The summed E-state index contributed by atoms with van der Waals surface area (Å²) in [5.74, 6) is 0. The lowest BCUT2D eigenvalue weighted by Gasteiger charge is -1.99. The van der Waals surface area contributed by atoms with Crippen LogP contribution in [0.4, 0.5) is 0 Å². The van der Waals surface area contributed by atoms with Gasteiger partial charge in [-0.3, -0.25) is 0 Å². The lowest BCUT2D eigenvalue weighted by molar-refractivity contribution is 0.609. The highest BCUT2D eigenvalue weighted by Gasteiger charge is 2.20. The van der Waals surface area contributed by atoms with Crippen LogP contribution in [0, 0.1) is 0 Å². The van der Waals surface area contributed by atoms with E-state index in [9.17, 15) is 8.42 Å². The van der Waals surface area contributed by atoms with Crippen molar-refractivity contribution < 1.29 is 8.42 Å². The zero-order valence-corrected chi connectivity index (χ0v) is 9.92. The normalized spacial score (nSPS) is 20.9. The minimum Gasteiger partial charge on any atom is -0.207 e. The molecule has 5 heteroatoms. The average molecular weight is 249 g/mol. The van der Waals surface area contributed by atoms with Crippen LogP contribution < -0.4 is 0 Å². The lowest BCUT2D eigenvalue weighted by atomic mass is 10.1. The van der Waals surface area contributed by atoms with E-state index in [2.05, 4.69) is 6.92 Å². The molecule has 0 aliphatic carbocycles. The minimum atomic E-state index is -3.58. The van der Waals surface area contributed by atoms with Crippen LogP contribution >= 0.6 is 22.4 Å². The van der Waals surface area contributed by atoms with Crippen LogP contribution in [0.15, 0.2) is 28.0 Å². The molecule has 76 valence electrons. The molecule has 14 heavy (non-hydrogen) atoms. The maximum Gasteiger partial charge on any atom is 0.261 e. The van der Waals surface area contributed by atoms with Crippen molar-refractivity contribution in [3.63, 3.8) is 0 Å². The van der Waals surface area contributed by atoms with Crippen molar-refractivity contribution in [1.82, 2.24) is 0 Å². The number of thioether (sulfide) groups is 1. The summed E-state index contributed by atoms with van der Waals surface area (Å²) >= 11 is 1.77. The van der Waals surface area contributed by atoms with Gasteiger partial charge < -0.3 is 0 Å². The molecule has 0 N–H and O–H groups in total. The van der Waals surface area contributed by atoms with Gasteiger partial charge >= 0.3 is 0 Å². The first-order valence-corrected chi connectivity index (χ1v) is 7.40. The molecule has 2 rings (SSSR count). The molecule has 1 unspecified atom stereocenters. The zero-order chi connectivity index (χ0) is 10.3. The van der Waals surface area contributed by atoms with E-state index in [4.69, 9.17) is 10.7 Å². The van der Waals surface area contributed by atoms with Gasteiger partial charge in [-0.05, 0) is 30.2 Å². The van der Waals surface area contributed by atoms with Gasteiger partial charge in [0.05, 0.1) is 4.90 Å². The molecule has 0 amide bonds. The molecule has 0 radical (unpaired) electrons. The van der Waals surface area contributed by atoms with Gasteiger partial charge in [0.1, 0.15) is 0 Å². The number of hydrogen-bond donors (Lipinski definition) is 0. The molecule has 0 bridgehead atoms. The van der Waals surface area contributed by atoms with E-state index in [1.165, 1.54) is 4.90 Å². The van der Waals surface area contributed by atoms with E-state index in [-0.39, 0.29) is 4.90 Å². The first kappa shape index (κ1) is 10.3. The van der Waals surface area contributed by atoms with Gasteiger partial charge in [-0.2, -0.15) is 0 Å². The Morgan fingerprint density at radius 1 is 1.50 bits per heavy atom. The van der Waals surface area contributed by atoms with E-state index in [1.54, 1.807) is 23.9 Å². The predicted molar refractivity (Wildman–Crippen MR) is 58.5 cm³/mol. The molecule has 0 saturated heterocycles. The topological polar surface area (TPSA) is 34.1 Å². The average Bonchev–Trinajstić information content (AvgIpc) is 2.41. The molecular formula is C9H9ClO2S2. The van der Waals surface area contributed by atoms with E-state index >= 15 is 0 Å². The second kappa shape index (κ2) is 3.43. The molecule has 0 aromatic heterocycles. The maximum absolute atomic E-state index is 11.1. The summed E-state index contributed by atoms with van der Waals surface area (Å²) < 4.78 is 22.1. The van der Waals surface area contributed by atoms with Crippen LogP contribution in [0.3, 0.4) is 0 Å². The van der Waals surface area contributed by atoms with Gasteiger partial charge in [0.15, 0.2) is 0 Å². The van der Waals surface area contributed by atoms with Gasteiger partial charge in [-0.15, -0.1) is 11.8 Å². The summed E-state index contributed by atoms with van der Waals surface area (Å²) in [5.41, 5.74) is 1.09. The van der Waals surface area contributed by atoms with Crippen molar-refractivity contribution in [1.29, 1.82) is 0 Å². The molecule has 1 heterocycles. The Morgan fingerprint density at radius 2 is 2.21 bits per heavy atom. The molecule has 1 aliphatic rings. The summed E-state index contributed by atoms with van der Waals surface area (Å²) in [4.78, 5) is 1.37. The van der Waals surface area contributed by atoms with Crippen molar-refractivity contribution >= 4 is 31.5 Å². The number of benzene rings is 1. The summed E-state index contributed by atoms with van der Waals surface area (Å²) in [7, 11) is 1.68. The highest BCUT2D eigenvalue weighted by atomic mass is 35.7. The van der Waals surface area contributed by atoms with E-state index in [1.807, 2.05) is 6.07 Å². The van der Waals surface area contributed by atoms with Crippen molar-refractivity contribution in [2.45, 2.75) is 28.4 Å². The third-order valence-electron chi connectivity index (χ3n) is 2.15. The summed E-state index contributed by atoms with van der Waals surface area (Å²) in [6, 6.07) is 5.07. The first-order chi connectivity index (χ1) is 6.47. The molecular weight excluding hydrogens is 240 g/mol. The fourth-order valence-corrected chi connectivity index (χ4v) is 3.49. The smallest absolute Gasteiger partial charge is 0.207 e. The first-order valence-electron chi connectivity index (χ1n) is 4.21. The monoisotopic (exact) mass is 248 g/mol. The second-order valence-corrected chi connectivity index (χ2v) is 7.39. The van der Waals surface area contributed by atoms with Crippen molar-refractivity contribution in [2.24, 2.45) is 0 Å². The van der Waals surface area contributed by atoms with E-state index < -0.39 is 9.05 Å². The molecule has 0 spiro atoms. The molecule has 0 saturated carbocycles. The molecule has 1 aromatic carbocycles. The third-order valence-corrected chi connectivity index (χ3v) is 4.72. The Bertz CT molecular complexity index is 468. The Labute approximate surface area is 92.1 Å².